The molecule has 0 bridgehead atoms. The van der Waals surface area contributed by atoms with Crippen LogP contribution >= 0.6 is 0 Å². The van der Waals surface area contributed by atoms with E-state index >= 15 is 0 Å². The first kappa shape index (κ1) is 11.7. The lowest BCUT2D eigenvalue weighted by Gasteiger charge is -2.25. The molecule has 0 spiro atoms. The van der Waals surface area contributed by atoms with Gasteiger partial charge in [0.15, 0.2) is 0 Å². The Hall–Kier alpha value is -1.77. The third kappa shape index (κ3) is 3.63. The first-order chi connectivity index (χ1) is 8.36. The molecule has 1 fully saturated rings. The van der Waals surface area contributed by atoms with E-state index in [4.69, 9.17) is 4.42 Å². The smallest absolute Gasteiger partial charge is 0.246 e. The SMILES string of the molecule is O=C(/C=C/C=C/c1ccco1)N1CCCCC1. The molecule has 17 heavy (non-hydrogen) atoms. The number of hydrogen-bond donors (Lipinski definition) is 0. The lowest BCUT2D eigenvalue weighted by Crippen LogP contribution is -2.34. The van der Waals surface area contributed by atoms with Crippen LogP contribution in [0.2, 0.25) is 0 Å². The molecule has 2 rings (SSSR count). The molecule has 0 radical (unpaired) electrons. The molecule has 2 heterocycles. The van der Waals surface area contributed by atoms with Crippen molar-refractivity contribution in [2.75, 3.05) is 13.1 Å². The second-order valence-corrected chi connectivity index (χ2v) is 4.12. The third-order valence-corrected chi connectivity index (χ3v) is 2.82. The van der Waals surface area contributed by atoms with Gasteiger partial charge in [-0.1, -0.05) is 12.2 Å². The highest BCUT2D eigenvalue weighted by molar-refractivity contribution is 5.88. The Morgan fingerprint density at radius 1 is 1.24 bits per heavy atom. The highest BCUT2D eigenvalue weighted by Crippen LogP contribution is 2.09. The lowest BCUT2D eigenvalue weighted by atomic mass is 10.1. The average Bonchev–Trinajstić information content (AvgIpc) is 2.88. The van der Waals surface area contributed by atoms with Gasteiger partial charge in [0.2, 0.25) is 5.91 Å². The van der Waals surface area contributed by atoms with Crippen molar-refractivity contribution in [3.8, 4) is 0 Å². The molecule has 0 atom stereocenters. The lowest BCUT2D eigenvalue weighted by molar-refractivity contribution is -0.126. The van der Waals surface area contributed by atoms with Crippen molar-refractivity contribution in [1.82, 2.24) is 4.90 Å². The molecule has 0 aromatic carbocycles. The molecule has 3 heteroatoms. The Morgan fingerprint density at radius 3 is 2.76 bits per heavy atom. The topological polar surface area (TPSA) is 33.5 Å². The monoisotopic (exact) mass is 231 g/mol. The minimum atomic E-state index is 0.105. The number of nitrogens with zero attached hydrogens (tertiary/aromatic N) is 1. The maximum absolute atomic E-state index is 11.7. The molecule has 1 aromatic rings. The number of likely N-dealkylation sites (tertiary alicyclic amines) is 1. The minimum absolute atomic E-state index is 0.105. The molecule has 0 unspecified atom stereocenters. The summed E-state index contributed by atoms with van der Waals surface area (Å²) in [6.45, 7) is 1.79. The quantitative estimate of drug-likeness (QED) is 0.592. The molecule has 0 aliphatic carbocycles. The van der Waals surface area contributed by atoms with Crippen LogP contribution in [0.1, 0.15) is 25.0 Å². The maximum atomic E-state index is 11.7. The molecule has 0 N–H and O–H groups in total. The van der Waals surface area contributed by atoms with E-state index in [0.29, 0.717) is 0 Å². The van der Waals surface area contributed by atoms with E-state index in [1.165, 1.54) is 6.42 Å². The van der Waals surface area contributed by atoms with Crippen LogP contribution in [-0.2, 0) is 4.79 Å². The van der Waals surface area contributed by atoms with Crippen LogP contribution in [0.25, 0.3) is 6.08 Å². The first-order valence-electron chi connectivity index (χ1n) is 6.03. The van der Waals surface area contributed by atoms with Crippen molar-refractivity contribution in [3.05, 3.63) is 42.4 Å². The second kappa shape index (κ2) is 6.09. The number of carbonyl (C=O) groups is 1. The van der Waals surface area contributed by atoms with Crippen molar-refractivity contribution in [2.24, 2.45) is 0 Å². The highest BCUT2D eigenvalue weighted by atomic mass is 16.3. The Bertz CT molecular complexity index is 398. The van der Waals surface area contributed by atoms with Crippen LogP contribution in [0.3, 0.4) is 0 Å². The highest BCUT2D eigenvalue weighted by Gasteiger charge is 2.12. The number of allylic oxidation sites excluding steroid dienone is 2. The van der Waals surface area contributed by atoms with Crippen molar-refractivity contribution in [1.29, 1.82) is 0 Å². The molecule has 0 saturated carbocycles. The summed E-state index contributed by atoms with van der Waals surface area (Å²) >= 11 is 0. The van der Waals surface area contributed by atoms with Crippen LogP contribution in [0.5, 0.6) is 0 Å². The fourth-order valence-corrected chi connectivity index (χ4v) is 1.89. The van der Waals surface area contributed by atoms with Gasteiger partial charge in [-0.25, -0.2) is 0 Å². The zero-order chi connectivity index (χ0) is 11.9. The Morgan fingerprint density at radius 2 is 2.06 bits per heavy atom. The van der Waals surface area contributed by atoms with E-state index in [9.17, 15) is 4.79 Å². The van der Waals surface area contributed by atoms with Gasteiger partial charge < -0.3 is 9.32 Å². The van der Waals surface area contributed by atoms with Crippen molar-refractivity contribution in [2.45, 2.75) is 19.3 Å². The zero-order valence-electron chi connectivity index (χ0n) is 9.84. The molecule has 1 aliphatic heterocycles. The summed E-state index contributed by atoms with van der Waals surface area (Å²) in [5.41, 5.74) is 0. The standard InChI is InChI=1S/C14H17NO2/c16-14(15-10-4-1-5-11-15)9-3-2-7-13-8-6-12-17-13/h2-3,6-9,12H,1,4-5,10-11H2/b7-2+,9-3+. The Kier molecular flexibility index (Phi) is 4.19. The number of carbonyl (C=O) groups excluding carboxylic acids is 1. The van der Waals surface area contributed by atoms with Gasteiger partial charge in [-0.3, -0.25) is 4.79 Å². The normalized spacial score (nSPS) is 17.1. The third-order valence-electron chi connectivity index (χ3n) is 2.82. The molecule has 1 aromatic heterocycles. The van der Waals surface area contributed by atoms with Crippen LogP contribution < -0.4 is 0 Å². The summed E-state index contributed by atoms with van der Waals surface area (Å²) in [5.74, 6) is 0.897. The zero-order valence-corrected chi connectivity index (χ0v) is 9.84. The summed E-state index contributed by atoms with van der Waals surface area (Å²) in [5, 5.41) is 0. The molecule has 1 aliphatic rings. The summed E-state index contributed by atoms with van der Waals surface area (Å²) < 4.78 is 5.14. The number of piperidine rings is 1. The number of hydrogen-bond acceptors (Lipinski definition) is 2. The number of amides is 1. The van der Waals surface area contributed by atoms with E-state index in [-0.39, 0.29) is 5.91 Å². The number of rotatable bonds is 3. The molecule has 1 saturated heterocycles. The van der Waals surface area contributed by atoms with Gasteiger partial charge in [0.25, 0.3) is 0 Å². The fraction of sp³-hybridized carbons (Fsp3) is 0.357. The second-order valence-electron chi connectivity index (χ2n) is 4.12. The van der Waals surface area contributed by atoms with Gasteiger partial charge in [0, 0.05) is 19.2 Å². The number of furan rings is 1. The Labute approximate surface area is 101 Å². The average molecular weight is 231 g/mol. The summed E-state index contributed by atoms with van der Waals surface area (Å²) in [6, 6.07) is 3.71. The summed E-state index contributed by atoms with van der Waals surface area (Å²) in [7, 11) is 0. The van der Waals surface area contributed by atoms with Gasteiger partial charge in [0.1, 0.15) is 5.76 Å². The van der Waals surface area contributed by atoms with E-state index in [2.05, 4.69) is 0 Å². The van der Waals surface area contributed by atoms with Crippen molar-refractivity contribution >= 4 is 12.0 Å². The van der Waals surface area contributed by atoms with Crippen LogP contribution in [0.15, 0.2) is 41.0 Å². The summed E-state index contributed by atoms with van der Waals surface area (Å²) in [6.07, 6.45) is 12.2. The van der Waals surface area contributed by atoms with Gasteiger partial charge in [0.05, 0.1) is 6.26 Å². The fourth-order valence-electron chi connectivity index (χ4n) is 1.89. The van der Waals surface area contributed by atoms with Crippen LogP contribution in [0.4, 0.5) is 0 Å². The summed E-state index contributed by atoms with van der Waals surface area (Å²) in [4.78, 5) is 13.6. The van der Waals surface area contributed by atoms with Gasteiger partial charge in [-0.15, -0.1) is 0 Å². The van der Waals surface area contributed by atoms with E-state index in [1.807, 2.05) is 29.2 Å². The molecular weight excluding hydrogens is 214 g/mol. The van der Waals surface area contributed by atoms with Gasteiger partial charge in [-0.05, 0) is 37.5 Å². The van der Waals surface area contributed by atoms with Crippen molar-refractivity contribution < 1.29 is 9.21 Å². The largest absolute Gasteiger partial charge is 0.465 e. The Balaban J connectivity index is 1.81. The predicted octanol–water partition coefficient (Wildman–Crippen LogP) is 2.86. The van der Waals surface area contributed by atoms with E-state index < -0.39 is 0 Å². The van der Waals surface area contributed by atoms with Gasteiger partial charge in [-0.2, -0.15) is 0 Å². The van der Waals surface area contributed by atoms with E-state index in [1.54, 1.807) is 18.4 Å². The van der Waals surface area contributed by atoms with Crippen LogP contribution in [-0.4, -0.2) is 23.9 Å². The minimum Gasteiger partial charge on any atom is -0.465 e. The molecule has 90 valence electrons. The van der Waals surface area contributed by atoms with Crippen LogP contribution in [0, 0.1) is 0 Å². The molecule has 1 amide bonds. The molecular formula is C14H17NO2. The van der Waals surface area contributed by atoms with E-state index in [0.717, 1.165) is 31.7 Å². The maximum Gasteiger partial charge on any atom is 0.246 e. The predicted molar refractivity (Wildman–Crippen MR) is 67.3 cm³/mol. The van der Waals surface area contributed by atoms with Gasteiger partial charge >= 0.3 is 0 Å². The first-order valence-corrected chi connectivity index (χ1v) is 6.03. The molecule has 3 nitrogen and oxygen atoms in total. The van der Waals surface area contributed by atoms with Crippen molar-refractivity contribution in [3.63, 3.8) is 0 Å².